The quantitative estimate of drug-likeness (QED) is 0.906. The summed E-state index contributed by atoms with van der Waals surface area (Å²) in [5, 5.41) is 2.21. The monoisotopic (exact) mass is 324 g/mol. The van der Waals surface area contributed by atoms with Gasteiger partial charge in [0, 0.05) is 24.6 Å². The van der Waals surface area contributed by atoms with Crippen molar-refractivity contribution in [3.05, 3.63) is 35.6 Å². The van der Waals surface area contributed by atoms with E-state index in [1.807, 2.05) is 20.8 Å². The summed E-state index contributed by atoms with van der Waals surface area (Å²) in [6.45, 7) is 5.89. The molecule has 1 fully saturated rings. The smallest absolute Gasteiger partial charge is 0.236 e. The molecule has 0 spiro atoms. The normalized spacial score (nSPS) is 21.5. The molecule has 1 aromatic carbocycles. The minimum absolute atomic E-state index is 0.0457. The molecule has 6 heteroatoms. The van der Waals surface area contributed by atoms with Gasteiger partial charge in [-0.1, -0.05) is 18.2 Å². The lowest BCUT2D eigenvalue weighted by atomic mass is 10.2. The first-order chi connectivity index (χ1) is 10.4. The van der Waals surface area contributed by atoms with E-state index in [0.717, 1.165) is 0 Å². The summed E-state index contributed by atoms with van der Waals surface area (Å²) < 4.78 is 14.0. The summed E-state index contributed by atoms with van der Waals surface area (Å²) >= 11 is 1.42. The van der Waals surface area contributed by atoms with Gasteiger partial charge >= 0.3 is 0 Å². The van der Waals surface area contributed by atoms with Crippen LogP contribution in [0, 0.1) is 5.82 Å². The Morgan fingerprint density at radius 2 is 2.09 bits per heavy atom. The Morgan fingerprint density at radius 1 is 1.41 bits per heavy atom. The van der Waals surface area contributed by atoms with Crippen LogP contribution in [0.5, 0.6) is 0 Å². The number of hydrogen-bond acceptors (Lipinski definition) is 3. The molecular weight excluding hydrogens is 303 g/mol. The zero-order chi connectivity index (χ0) is 16.3. The summed E-state index contributed by atoms with van der Waals surface area (Å²) in [6, 6.07) is 6.55. The van der Waals surface area contributed by atoms with E-state index in [0.29, 0.717) is 12.1 Å². The summed E-state index contributed by atoms with van der Waals surface area (Å²) in [5.41, 5.74) is 0.495. The van der Waals surface area contributed by atoms with Gasteiger partial charge < -0.3 is 10.2 Å². The Morgan fingerprint density at radius 3 is 2.73 bits per heavy atom. The molecule has 120 valence electrons. The molecule has 1 aliphatic heterocycles. The zero-order valence-electron chi connectivity index (χ0n) is 13.0. The van der Waals surface area contributed by atoms with Crippen LogP contribution in [0.2, 0.25) is 0 Å². The van der Waals surface area contributed by atoms with Crippen molar-refractivity contribution in [2.24, 2.45) is 0 Å². The average molecular weight is 324 g/mol. The van der Waals surface area contributed by atoms with Crippen LogP contribution in [0.3, 0.4) is 0 Å². The van der Waals surface area contributed by atoms with Crippen LogP contribution >= 0.6 is 11.8 Å². The minimum Gasteiger partial charge on any atom is -0.354 e. The molecule has 1 aromatic rings. The third kappa shape index (κ3) is 3.80. The van der Waals surface area contributed by atoms with E-state index in [4.69, 9.17) is 0 Å². The molecule has 1 N–H and O–H groups in total. The molecule has 22 heavy (non-hydrogen) atoms. The lowest BCUT2D eigenvalue weighted by Gasteiger charge is -2.24. The first kappa shape index (κ1) is 16.8. The molecule has 0 aliphatic carbocycles. The van der Waals surface area contributed by atoms with Gasteiger partial charge in [-0.3, -0.25) is 9.59 Å². The second-order valence-corrected chi connectivity index (χ2v) is 7.08. The molecule has 0 aromatic heterocycles. The highest BCUT2D eigenvalue weighted by atomic mass is 32.2. The highest BCUT2D eigenvalue weighted by molar-refractivity contribution is 8.01. The van der Waals surface area contributed by atoms with E-state index >= 15 is 0 Å². The van der Waals surface area contributed by atoms with Gasteiger partial charge in [0.25, 0.3) is 0 Å². The number of carbonyl (C=O) groups is 2. The van der Waals surface area contributed by atoms with Gasteiger partial charge in [-0.25, -0.2) is 4.39 Å². The van der Waals surface area contributed by atoms with Gasteiger partial charge in [-0.15, -0.1) is 11.8 Å². The van der Waals surface area contributed by atoms with Gasteiger partial charge in [-0.05, 0) is 26.8 Å². The number of amides is 2. The predicted octanol–water partition coefficient (Wildman–Crippen LogP) is 2.70. The first-order valence-electron chi connectivity index (χ1n) is 7.40. The molecule has 0 saturated carbocycles. The molecule has 1 heterocycles. The summed E-state index contributed by atoms with van der Waals surface area (Å²) in [6.07, 6.45) is 0.224. The maximum absolute atomic E-state index is 14.0. The van der Waals surface area contributed by atoms with Crippen LogP contribution in [-0.4, -0.2) is 34.6 Å². The van der Waals surface area contributed by atoms with Crippen molar-refractivity contribution in [1.29, 1.82) is 0 Å². The van der Waals surface area contributed by atoms with E-state index in [-0.39, 0.29) is 40.7 Å². The standard InChI is InChI=1S/C16H21FN2O2S/c1-10(2)18-14(20)8-9-19-15(21)11(3)22-16(19)12-6-4-5-7-13(12)17/h4-7,10-11,16H,8-9H2,1-3H3,(H,18,20)/t11-,16+/m1/s1. The maximum Gasteiger partial charge on any atom is 0.236 e. The van der Waals surface area contributed by atoms with E-state index < -0.39 is 0 Å². The average Bonchev–Trinajstić information content (AvgIpc) is 2.72. The number of thioether (sulfide) groups is 1. The van der Waals surface area contributed by atoms with Gasteiger partial charge in [-0.2, -0.15) is 0 Å². The molecule has 2 atom stereocenters. The maximum atomic E-state index is 14.0. The van der Waals surface area contributed by atoms with E-state index in [1.165, 1.54) is 17.8 Å². The Labute approximate surface area is 134 Å². The van der Waals surface area contributed by atoms with E-state index in [1.54, 1.807) is 23.1 Å². The molecule has 2 rings (SSSR count). The predicted molar refractivity (Wildman–Crippen MR) is 85.8 cm³/mol. The van der Waals surface area contributed by atoms with E-state index in [2.05, 4.69) is 5.32 Å². The largest absolute Gasteiger partial charge is 0.354 e. The first-order valence-corrected chi connectivity index (χ1v) is 8.34. The fourth-order valence-corrected chi connectivity index (χ4v) is 3.77. The number of halogens is 1. The molecular formula is C16H21FN2O2S. The van der Waals surface area contributed by atoms with Crippen molar-refractivity contribution in [1.82, 2.24) is 10.2 Å². The van der Waals surface area contributed by atoms with Crippen molar-refractivity contribution in [2.45, 2.75) is 43.9 Å². The SMILES string of the molecule is CC(C)NC(=O)CCN1C(=O)[C@@H](C)S[C@H]1c1ccccc1F. The third-order valence-corrected chi connectivity index (χ3v) is 4.82. The number of carbonyl (C=O) groups excluding carboxylic acids is 2. The number of nitrogens with zero attached hydrogens (tertiary/aromatic N) is 1. The Balaban J connectivity index is 2.11. The summed E-state index contributed by atoms with van der Waals surface area (Å²) in [4.78, 5) is 25.7. The zero-order valence-corrected chi connectivity index (χ0v) is 13.8. The van der Waals surface area contributed by atoms with Crippen molar-refractivity contribution >= 4 is 23.6 Å². The van der Waals surface area contributed by atoms with Crippen LogP contribution in [0.15, 0.2) is 24.3 Å². The molecule has 1 saturated heterocycles. The Hall–Kier alpha value is -1.56. The van der Waals surface area contributed by atoms with Crippen LogP contribution < -0.4 is 5.32 Å². The summed E-state index contributed by atoms with van der Waals surface area (Å²) in [7, 11) is 0. The van der Waals surface area contributed by atoms with Gasteiger partial charge in [0.2, 0.25) is 11.8 Å². The molecule has 0 unspecified atom stereocenters. The van der Waals surface area contributed by atoms with Gasteiger partial charge in [0.1, 0.15) is 11.2 Å². The second kappa shape index (κ2) is 7.13. The highest BCUT2D eigenvalue weighted by Crippen LogP contribution is 2.43. The lowest BCUT2D eigenvalue weighted by Crippen LogP contribution is -2.36. The highest BCUT2D eigenvalue weighted by Gasteiger charge is 2.39. The van der Waals surface area contributed by atoms with Crippen molar-refractivity contribution < 1.29 is 14.0 Å². The topological polar surface area (TPSA) is 49.4 Å². The second-order valence-electron chi connectivity index (χ2n) is 5.66. The van der Waals surface area contributed by atoms with Crippen molar-refractivity contribution in [3.8, 4) is 0 Å². The number of hydrogen-bond donors (Lipinski definition) is 1. The molecule has 2 amide bonds. The van der Waals surface area contributed by atoms with Crippen LogP contribution in [0.1, 0.15) is 38.1 Å². The van der Waals surface area contributed by atoms with Gasteiger partial charge in [0.15, 0.2) is 0 Å². The fraction of sp³-hybridized carbons (Fsp3) is 0.500. The molecule has 1 aliphatic rings. The summed E-state index contributed by atoms with van der Waals surface area (Å²) in [5.74, 6) is -0.464. The third-order valence-electron chi connectivity index (χ3n) is 3.45. The van der Waals surface area contributed by atoms with Crippen LogP contribution in [0.4, 0.5) is 4.39 Å². The fourth-order valence-electron chi connectivity index (χ4n) is 2.43. The van der Waals surface area contributed by atoms with Gasteiger partial charge in [0.05, 0.1) is 5.25 Å². The Kier molecular flexibility index (Phi) is 5.45. The number of nitrogens with one attached hydrogen (secondary N) is 1. The van der Waals surface area contributed by atoms with Crippen LogP contribution in [0.25, 0.3) is 0 Å². The van der Waals surface area contributed by atoms with E-state index in [9.17, 15) is 14.0 Å². The molecule has 4 nitrogen and oxygen atoms in total. The van der Waals surface area contributed by atoms with Crippen molar-refractivity contribution in [2.75, 3.05) is 6.54 Å². The minimum atomic E-state index is -0.365. The number of rotatable bonds is 5. The Bertz CT molecular complexity index is 565. The molecule has 0 radical (unpaired) electrons. The lowest BCUT2D eigenvalue weighted by molar-refractivity contribution is -0.130. The molecule has 0 bridgehead atoms. The van der Waals surface area contributed by atoms with Crippen LogP contribution in [-0.2, 0) is 9.59 Å². The van der Waals surface area contributed by atoms with Crippen molar-refractivity contribution in [3.63, 3.8) is 0 Å². The number of benzene rings is 1.